The number of anilines is 1. The molecule has 1 aliphatic rings. The monoisotopic (exact) mass is 482 g/mol. The van der Waals surface area contributed by atoms with Crippen molar-refractivity contribution in [1.29, 1.82) is 0 Å². The highest BCUT2D eigenvalue weighted by Crippen LogP contribution is 2.34. The lowest BCUT2D eigenvalue weighted by molar-refractivity contribution is -0.117. The van der Waals surface area contributed by atoms with Gasteiger partial charge in [-0.2, -0.15) is 4.72 Å². The number of carbonyl (C=O) groups excluding carboxylic acids is 1. The van der Waals surface area contributed by atoms with Crippen molar-refractivity contribution in [2.45, 2.75) is 31.2 Å². The van der Waals surface area contributed by atoms with Crippen LogP contribution < -0.4 is 24.2 Å². The fourth-order valence-electron chi connectivity index (χ4n) is 3.60. The van der Waals surface area contributed by atoms with Crippen LogP contribution in [0.3, 0.4) is 0 Å². The maximum Gasteiger partial charge on any atom is 0.242 e. The van der Waals surface area contributed by atoms with Crippen molar-refractivity contribution in [2.75, 3.05) is 18.7 Å². The number of sulfonamides is 1. The molecular weight excluding hydrogens is 456 g/mol. The Labute approximate surface area is 198 Å². The maximum absolute atomic E-state index is 13.2. The first kappa shape index (κ1) is 23.6. The lowest BCUT2D eigenvalue weighted by Crippen LogP contribution is -2.45. The summed E-state index contributed by atoms with van der Waals surface area (Å²) >= 11 is 0. The van der Waals surface area contributed by atoms with Gasteiger partial charge in [-0.3, -0.25) is 4.79 Å². The molecule has 1 atom stereocenters. The Bertz CT molecular complexity index is 1280. The van der Waals surface area contributed by atoms with Crippen LogP contribution >= 0.6 is 0 Å². The van der Waals surface area contributed by atoms with Crippen molar-refractivity contribution in [3.63, 3.8) is 0 Å². The summed E-state index contributed by atoms with van der Waals surface area (Å²) in [6.45, 7) is 4.23. The third kappa shape index (κ3) is 5.49. The minimum Gasteiger partial charge on any atom is -0.494 e. The Morgan fingerprint density at radius 1 is 1.03 bits per heavy atom. The Balaban J connectivity index is 1.57. The summed E-state index contributed by atoms with van der Waals surface area (Å²) in [4.78, 5) is 13.3. The Hall–Kier alpha value is -3.56. The van der Waals surface area contributed by atoms with Gasteiger partial charge in [0.1, 0.15) is 11.8 Å². The van der Waals surface area contributed by atoms with Gasteiger partial charge in [0, 0.05) is 11.8 Å². The predicted octanol–water partition coefficient (Wildman–Crippen LogP) is 3.65. The maximum atomic E-state index is 13.2. The normalized spacial score (nSPS) is 13.4. The second-order valence-electron chi connectivity index (χ2n) is 7.78. The summed E-state index contributed by atoms with van der Waals surface area (Å²) in [5.74, 6) is 1.23. The van der Waals surface area contributed by atoms with Crippen LogP contribution in [0.5, 0.6) is 17.2 Å². The van der Waals surface area contributed by atoms with E-state index in [1.807, 2.05) is 37.3 Å². The Morgan fingerprint density at radius 2 is 1.79 bits per heavy atom. The molecule has 2 N–H and O–H groups in total. The van der Waals surface area contributed by atoms with Gasteiger partial charge in [-0.25, -0.2) is 8.42 Å². The summed E-state index contributed by atoms with van der Waals surface area (Å²) in [5, 5.41) is 2.78. The van der Waals surface area contributed by atoms with Gasteiger partial charge in [0.25, 0.3) is 0 Å². The number of carbonyl (C=O) groups is 1. The predicted molar refractivity (Wildman–Crippen MR) is 128 cm³/mol. The van der Waals surface area contributed by atoms with Crippen LogP contribution in [0.1, 0.15) is 18.1 Å². The van der Waals surface area contributed by atoms with Crippen molar-refractivity contribution < 1.29 is 27.4 Å². The Morgan fingerprint density at radius 3 is 2.53 bits per heavy atom. The molecule has 0 aromatic heterocycles. The molecule has 9 heteroatoms. The molecule has 0 aliphatic carbocycles. The van der Waals surface area contributed by atoms with Crippen molar-refractivity contribution in [3.05, 3.63) is 77.9 Å². The average Bonchev–Trinajstić information content (AvgIpc) is 3.28. The third-order valence-electron chi connectivity index (χ3n) is 5.29. The van der Waals surface area contributed by atoms with E-state index >= 15 is 0 Å². The fraction of sp³-hybridized carbons (Fsp3) is 0.240. The quantitative estimate of drug-likeness (QED) is 0.483. The van der Waals surface area contributed by atoms with Crippen LogP contribution in [0.15, 0.2) is 71.6 Å². The zero-order valence-corrected chi connectivity index (χ0v) is 19.7. The molecule has 3 aromatic rings. The van der Waals surface area contributed by atoms with Crippen LogP contribution in [0, 0.1) is 6.92 Å². The van der Waals surface area contributed by atoms with Gasteiger partial charge >= 0.3 is 0 Å². The molecule has 1 amide bonds. The van der Waals surface area contributed by atoms with E-state index in [9.17, 15) is 13.2 Å². The lowest BCUT2D eigenvalue weighted by atomic mass is 10.1. The van der Waals surface area contributed by atoms with Crippen LogP contribution in [0.25, 0.3) is 0 Å². The van der Waals surface area contributed by atoms with Crippen molar-refractivity contribution in [2.24, 2.45) is 0 Å². The Kier molecular flexibility index (Phi) is 7.04. The molecule has 1 heterocycles. The van der Waals surface area contributed by atoms with E-state index < -0.39 is 22.0 Å². The smallest absolute Gasteiger partial charge is 0.242 e. The van der Waals surface area contributed by atoms with Gasteiger partial charge in [0.05, 0.1) is 11.5 Å². The van der Waals surface area contributed by atoms with Crippen LogP contribution in [-0.2, 0) is 21.2 Å². The zero-order chi connectivity index (χ0) is 24.1. The highest BCUT2D eigenvalue weighted by atomic mass is 32.2. The molecule has 8 nitrogen and oxygen atoms in total. The number of hydrogen-bond donors (Lipinski definition) is 2. The number of amides is 1. The number of rotatable bonds is 9. The number of aryl methyl sites for hydroxylation is 1. The lowest BCUT2D eigenvalue weighted by Gasteiger charge is -2.19. The van der Waals surface area contributed by atoms with Crippen LogP contribution in [-0.4, -0.2) is 33.8 Å². The number of nitrogens with one attached hydrogen (secondary N) is 2. The molecule has 0 radical (unpaired) electrons. The van der Waals surface area contributed by atoms with Gasteiger partial charge in [-0.1, -0.05) is 30.3 Å². The standard InChI is InChI=1S/C25H26N2O6S/c1-3-31-22-12-10-20(13-17(22)2)34(29,30)27-21(14-18-7-5-4-6-8-18)25(28)26-19-9-11-23-24(15-19)33-16-32-23/h4-13,15,21,27H,3,14,16H2,1-2H3,(H,26,28)/t21-/m1/s1. The molecule has 34 heavy (non-hydrogen) atoms. The van der Waals surface area contributed by atoms with E-state index in [0.717, 1.165) is 5.56 Å². The van der Waals surface area contributed by atoms with E-state index in [1.165, 1.54) is 12.1 Å². The first-order valence-electron chi connectivity index (χ1n) is 10.9. The molecule has 0 fully saturated rings. The molecule has 3 aromatic carbocycles. The van der Waals surface area contributed by atoms with Gasteiger partial charge in [0.2, 0.25) is 22.7 Å². The SMILES string of the molecule is CCOc1ccc(S(=O)(=O)N[C@H](Cc2ccccc2)C(=O)Nc2ccc3c(c2)OCO3)cc1C. The van der Waals surface area contributed by atoms with Crippen molar-refractivity contribution >= 4 is 21.6 Å². The van der Waals surface area contributed by atoms with Gasteiger partial charge < -0.3 is 19.5 Å². The van der Waals surface area contributed by atoms with Crippen molar-refractivity contribution in [3.8, 4) is 17.2 Å². The molecule has 0 saturated carbocycles. The highest BCUT2D eigenvalue weighted by Gasteiger charge is 2.27. The van der Waals surface area contributed by atoms with Gasteiger partial charge in [0.15, 0.2) is 11.5 Å². The third-order valence-corrected chi connectivity index (χ3v) is 6.76. The second kappa shape index (κ2) is 10.1. The van der Waals surface area contributed by atoms with Crippen LogP contribution in [0.2, 0.25) is 0 Å². The average molecular weight is 483 g/mol. The molecule has 1 aliphatic heterocycles. The fourth-order valence-corrected chi connectivity index (χ4v) is 4.88. The van der Waals surface area contributed by atoms with E-state index in [2.05, 4.69) is 10.0 Å². The van der Waals surface area contributed by atoms with E-state index in [4.69, 9.17) is 14.2 Å². The summed E-state index contributed by atoms with van der Waals surface area (Å²) in [5.41, 5.74) is 1.98. The summed E-state index contributed by atoms with van der Waals surface area (Å²) in [6.07, 6.45) is 0.173. The number of benzene rings is 3. The van der Waals surface area contributed by atoms with Gasteiger partial charge in [-0.05, 0) is 61.7 Å². The van der Waals surface area contributed by atoms with E-state index in [0.29, 0.717) is 35.1 Å². The zero-order valence-electron chi connectivity index (χ0n) is 18.9. The topological polar surface area (TPSA) is 103 Å². The van der Waals surface area contributed by atoms with E-state index in [1.54, 1.807) is 31.2 Å². The van der Waals surface area contributed by atoms with Crippen molar-refractivity contribution in [1.82, 2.24) is 4.72 Å². The summed E-state index contributed by atoms with van der Waals surface area (Å²) in [6, 6.07) is 17.8. The molecule has 0 unspecified atom stereocenters. The minimum atomic E-state index is -3.99. The first-order valence-corrected chi connectivity index (χ1v) is 12.3. The second-order valence-corrected chi connectivity index (χ2v) is 9.50. The largest absolute Gasteiger partial charge is 0.494 e. The highest BCUT2D eigenvalue weighted by molar-refractivity contribution is 7.89. The molecule has 178 valence electrons. The first-order chi connectivity index (χ1) is 16.4. The molecule has 0 spiro atoms. The number of fused-ring (bicyclic) bond motifs is 1. The molecule has 4 rings (SSSR count). The van der Waals surface area contributed by atoms with Crippen LogP contribution in [0.4, 0.5) is 5.69 Å². The molecule has 0 saturated heterocycles. The minimum absolute atomic E-state index is 0.0578. The summed E-state index contributed by atoms with van der Waals surface area (Å²) < 4.78 is 45.1. The number of ether oxygens (including phenoxy) is 3. The molecule has 0 bridgehead atoms. The summed E-state index contributed by atoms with van der Waals surface area (Å²) in [7, 11) is -3.99. The molecular formula is C25H26N2O6S. The van der Waals surface area contributed by atoms with E-state index in [-0.39, 0.29) is 18.1 Å². The number of hydrogen-bond acceptors (Lipinski definition) is 6. The van der Waals surface area contributed by atoms with Gasteiger partial charge in [-0.15, -0.1) is 0 Å².